The average molecular weight is 437 g/mol. The molecule has 1 aromatic rings. The number of carbonyl (C=O) groups excluding carboxylic acids is 2. The van der Waals surface area contributed by atoms with Crippen LogP contribution >= 0.6 is 11.6 Å². The van der Waals surface area contributed by atoms with Crippen molar-refractivity contribution in [3.8, 4) is 11.5 Å². The molecule has 30 heavy (non-hydrogen) atoms. The van der Waals surface area contributed by atoms with E-state index in [9.17, 15) is 9.59 Å². The molecule has 2 atom stereocenters. The van der Waals surface area contributed by atoms with Crippen LogP contribution in [0, 0.1) is 0 Å². The lowest BCUT2D eigenvalue weighted by Gasteiger charge is -2.47. The molecule has 8 heteroatoms. The summed E-state index contributed by atoms with van der Waals surface area (Å²) < 4.78 is 27.2. The fourth-order valence-electron chi connectivity index (χ4n) is 3.72. The summed E-state index contributed by atoms with van der Waals surface area (Å²) in [7, 11) is 2.93. The first kappa shape index (κ1) is 22.5. The predicted molar refractivity (Wildman–Crippen MR) is 111 cm³/mol. The Kier molecular flexibility index (Phi) is 6.38. The van der Waals surface area contributed by atoms with Crippen molar-refractivity contribution in [2.45, 2.75) is 36.8 Å². The maximum atomic E-state index is 13.8. The first-order chi connectivity index (χ1) is 14.2. The minimum atomic E-state index is -1.51. The van der Waals surface area contributed by atoms with Crippen LogP contribution in [0.2, 0.25) is 0 Å². The number of ketones is 2. The number of benzene rings is 1. The Morgan fingerprint density at radius 3 is 2.47 bits per heavy atom. The summed E-state index contributed by atoms with van der Waals surface area (Å²) in [6.07, 6.45) is 3.28. The van der Waals surface area contributed by atoms with Gasteiger partial charge >= 0.3 is 0 Å². The second-order valence-electron chi connectivity index (χ2n) is 7.61. The van der Waals surface area contributed by atoms with Gasteiger partial charge in [-0.1, -0.05) is 12.2 Å². The number of fused-ring (bicyclic) bond motifs is 2. The van der Waals surface area contributed by atoms with Crippen molar-refractivity contribution in [1.29, 1.82) is 0 Å². The SMILES string of the molecule is C=CCC12OC(C)(C)[C@H](Cl)C=C1C(=O)c1c(OCOC)cc(OCOC)cc1C2=O. The molecule has 3 rings (SSSR count). The lowest BCUT2D eigenvalue weighted by Crippen LogP contribution is -2.58. The molecule has 0 aromatic heterocycles. The predicted octanol–water partition coefficient (Wildman–Crippen LogP) is 3.69. The van der Waals surface area contributed by atoms with Crippen molar-refractivity contribution in [2.24, 2.45) is 0 Å². The third-order valence-corrected chi connectivity index (χ3v) is 5.77. The first-order valence-electron chi connectivity index (χ1n) is 9.40. The van der Waals surface area contributed by atoms with Gasteiger partial charge in [0, 0.05) is 37.8 Å². The van der Waals surface area contributed by atoms with E-state index in [4.69, 9.17) is 35.3 Å². The first-order valence-corrected chi connectivity index (χ1v) is 9.84. The highest BCUT2D eigenvalue weighted by Gasteiger charge is 2.57. The Morgan fingerprint density at radius 1 is 1.17 bits per heavy atom. The smallest absolute Gasteiger partial charge is 0.200 e. The van der Waals surface area contributed by atoms with Crippen LogP contribution in [0.3, 0.4) is 0 Å². The molecular weight excluding hydrogens is 412 g/mol. The number of rotatable bonds is 8. The quantitative estimate of drug-likeness (QED) is 0.349. The maximum absolute atomic E-state index is 13.8. The zero-order chi connectivity index (χ0) is 22.1. The molecule has 162 valence electrons. The fourth-order valence-corrected chi connectivity index (χ4v) is 3.89. The second kappa shape index (κ2) is 8.51. The van der Waals surface area contributed by atoms with E-state index in [1.165, 1.54) is 26.4 Å². The number of ether oxygens (including phenoxy) is 5. The highest BCUT2D eigenvalue weighted by Crippen LogP contribution is 2.48. The van der Waals surface area contributed by atoms with Gasteiger partial charge in [-0.2, -0.15) is 0 Å². The second-order valence-corrected chi connectivity index (χ2v) is 8.08. The molecule has 0 N–H and O–H groups in total. The lowest BCUT2D eigenvalue weighted by atomic mass is 9.70. The van der Waals surface area contributed by atoms with Gasteiger partial charge < -0.3 is 23.7 Å². The Hall–Kier alpha value is -2.19. The van der Waals surface area contributed by atoms with E-state index in [-0.39, 0.29) is 48.2 Å². The monoisotopic (exact) mass is 436 g/mol. The van der Waals surface area contributed by atoms with E-state index in [0.717, 1.165) is 0 Å². The fraction of sp³-hybridized carbons (Fsp3) is 0.455. The van der Waals surface area contributed by atoms with Crippen molar-refractivity contribution < 1.29 is 33.3 Å². The minimum Gasteiger partial charge on any atom is -0.467 e. The third kappa shape index (κ3) is 3.67. The van der Waals surface area contributed by atoms with E-state index >= 15 is 0 Å². The molecule has 7 nitrogen and oxygen atoms in total. The lowest BCUT2D eigenvalue weighted by molar-refractivity contribution is -0.103. The van der Waals surface area contributed by atoms with Gasteiger partial charge in [0.2, 0.25) is 5.78 Å². The van der Waals surface area contributed by atoms with E-state index in [1.807, 2.05) is 0 Å². The Labute approximate surface area is 180 Å². The molecule has 0 saturated heterocycles. The van der Waals surface area contributed by atoms with E-state index in [0.29, 0.717) is 5.75 Å². The van der Waals surface area contributed by atoms with Crippen molar-refractivity contribution in [3.05, 3.63) is 47.6 Å². The maximum Gasteiger partial charge on any atom is 0.200 e. The van der Waals surface area contributed by atoms with Gasteiger partial charge in [-0.15, -0.1) is 18.2 Å². The van der Waals surface area contributed by atoms with Crippen LogP contribution in [0.15, 0.2) is 36.4 Å². The summed E-state index contributed by atoms with van der Waals surface area (Å²) in [4.78, 5) is 27.3. The highest BCUT2D eigenvalue weighted by molar-refractivity contribution is 6.30. The summed E-state index contributed by atoms with van der Waals surface area (Å²) in [5, 5.41) is -0.601. The topological polar surface area (TPSA) is 80.3 Å². The number of hydrogen-bond acceptors (Lipinski definition) is 7. The molecular formula is C22H25ClO7. The van der Waals surface area contributed by atoms with Crippen LogP contribution in [0.25, 0.3) is 0 Å². The van der Waals surface area contributed by atoms with E-state index in [1.54, 1.807) is 26.0 Å². The summed E-state index contributed by atoms with van der Waals surface area (Å²) >= 11 is 6.46. The minimum absolute atomic E-state index is 0.0367. The largest absolute Gasteiger partial charge is 0.467 e. The van der Waals surface area contributed by atoms with Gasteiger partial charge in [0.05, 0.1) is 16.5 Å². The zero-order valence-corrected chi connectivity index (χ0v) is 18.2. The van der Waals surface area contributed by atoms with Crippen molar-refractivity contribution >= 4 is 23.2 Å². The number of halogens is 1. The standard InChI is InChI=1S/C22H25ClO7/c1-6-7-22-15(10-17(23)21(2,3)30-22)19(24)18-14(20(22)25)8-13(28-11-26-4)9-16(18)29-12-27-5/h6,8-10,17H,1,7,11-12H2,2-5H3/t17-,22?/m1/s1. The van der Waals surface area contributed by atoms with Gasteiger partial charge in [0.25, 0.3) is 0 Å². The van der Waals surface area contributed by atoms with Gasteiger partial charge in [0.15, 0.2) is 25.0 Å². The van der Waals surface area contributed by atoms with Gasteiger partial charge in [-0.25, -0.2) is 0 Å². The normalized spacial score (nSPS) is 24.6. The van der Waals surface area contributed by atoms with Crippen molar-refractivity contribution in [2.75, 3.05) is 27.8 Å². The molecule has 1 unspecified atom stereocenters. The molecule has 1 aliphatic carbocycles. The Bertz CT molecular complexity index is 905. The Balaban J connectivity index is 2.25. The molecule has 0 radical (unpaired) electrons. The van der Waals surface area contributed by atoms with Gasteiger partial charge in [-0.05, 0) is 19.9 Å². The molecule has 1 heterocycles. The number of alkyl halides is 1. The molecule has 1 aromatic carbocycles. The zero-order valence-electron chi connectivity index (χ0n) is 17.5. The number of hydrogen-bond donors (Lipinski definition) is 0. The summed E-state index contributed by atoms with van der Waals surface area (Å²) in [5.74, 6) is -0.292. The summed E-state index contributed by atoms with van der Waals surface area (Å²) in [5.41, 5.74) is -1.94. The molecule has 0 bridgehead atoms. The molecule has 0 spiro atoms. The van der Waals surface area contributed by atoms with Crippen LogP contribution in [0.4, 0.5) is 0 Å². The van der Waals surface area contributed by atoms with E-state index < -0.39 is 22.4 Å². The van der Waals surface area contributed by atoms with Crippen LogP contribution < -0.4 is 9.47 Å². The van der Waals surface area contributed by atoms with Gasteiger partial charge in [-0.3, -0.25) is 9.59 Å². The number of methoxy groups -OCH3 is 2. The van der Waals surface area contributed by atoms with Crippen LogP contribution in [-0.4, -0.2) is 56.0 Å². The highest BCUT2D eigenvalue weighted by atomic mass is 35.5. The molecule has 0 saturated carbocycles. The molecule has 2 aliphatic rings. The number of Topliss-reactive ketones (excluding diaryl/α,β-unsaturated/α-hetero) is 2. The molecule has 1 aliphatic heterocycles. The molecule has 0 fully saturated rings. The van der Waals surface area contributed by atoms with Crippen molar-refractivity contribution in [1.82, 2.24) is 0 Å². The average Bonchev–Trinajstić information content (AvgIpc) is 2.70. The van der Waals surface area contributed by atoms with Crippen molar-refractivity contribution in [3.63, 3.8) is 0 Å². The van der Waals surface area contributed by atoms with Crippen LogP contribution in [-0.2, 0) is 14.2 Å². The van der Waals surface area contributed by atoms with Crippen LogP contribution in [0.5, 0.6) is 11.5 Å². The summed E-state index contributed by atoms with van der Waals surface area (Å²) in [6, 6.07) is 3.02. The van der Waals surface area contributed by atoms with Crippen LogP contribution in [0.1, 0.15) is 41.0 Å². The molecule has 0 amide bonds. The summed E-state index contributed by atoms with van der Waals surface area (Å²) in [6.45, 7) is 7.16. The number of carbonyl (C=O) groups is 2. The Morgan fingerprint density at radius 2 is 1.83 bits per heavy atom. The van der Waals surface area contributed by atoms with Gasteiger partial charge in [0.1, 0.15) is 11.5 Å². The van der Waals surface area contributed by atoms with E-state index in [2.05, 4.69) is 6.58 Å². The third-order valence-electron chi connectivity index (χ3n) is 5.12.